The molecule has 0 heterocycles. The Kier molecular flexibility index (Phi) is 8.42. The molecule has 2 N–H and O–H groups in total. The number of carbonyl (C=O) groups is 3. The highest BCUT2D eigenvalue weighted by Crippen LogP contribution is 2.19. The van der Waals surface area contributed by atoms with Crippen LogP contribution in [0.1, 0.15) is 24.2 Å². The summed E-state index contributed by atoms with van der Waals surface area (Å²) in [7, 11) is 0. The Morgan fingerprint density at radius 2 is 1.61 bits per heavy atom. The Morgan fingerprint density at radius 3 is 2.26 bits per heavy atom. The predicted molar refractivity (Wildman–Crippen MR) is 105 cm³/mol. The van der Waals surface area contributed by atoms with Crippen LogP contribution in [0.5, 0.6) is 5.75 Å². The molecule has 2 rings (SSSR count). The van der Waals surface area contributed by atoms with Crippen LogP contribution < -0.4 is 15.4 Å². The summed E-state index contributed by atoms with van der Waals surface area (Å²) in [6, 6.07) is 7.66. The van der Waals surface area contributed by atoms with Gasteiger partial charge in [-0.05, 0) is 42.3 Å². The maximum absolute atomic E-state index is 13.5. The van der Waals surface area contributed by atoms with E-state index >= 15 is 0 Å². The minimum absolute atomic E-state index is 0.205. The van der Waals surface area contributed by atoms with Gasteiger partial charge in [0, 0.05) is 0 Å². The number of benzene rings is 2. The monoisotopic (exact) mass is 438 g/mol. The lowest BCUT2D eigenvalue weighted by molar-refractivity contribution is -0.126. The molecule has 0 unspecified atom stereocenters. The molecule has 0 spiro atoms. The van der Waals surface area contributed by atoms with Crippen molar-refractivity contribution in [3.8, 4) is 5.75 Å². The average molecular weight is 438 g/mol. The van der Waals surface area contributed by atoms with Crippen LogP contribution in [0.2, 0.25) is 0 Å². The lowest BCUT2D eigenvalue weighted by Gasteiger charge is -2.10. The average Bonchev–Trinajstić information content (AvgIpc) is 2.75. The Labute approximate surface area is 176 Å². The highest BCUT2D eigenvalue weighted by Gasteiger charge is 2.16. The zero-order valence-electron chi connectivity index (χ0n) is 16.8. The number of hydrogen-bond donors (Lipinski definition) is 2. The zero-order valence-corrected chi connectivity index (χ0v) is 16.8. The first-order chi connectivity index (χ1) is 14.7. The summed E-state index contributed by atoms with van der Waals surface area (Å²) in [5.74, 6) is -6.18. The van der Waals surface area contributed by atoms with Crippen LogP contribution >= 0.6 is 0 Å². The molecule has 0 saturated carbocycles. The quantitative estimate of drug-likeness (QED) is 0.464. The number of nitrogens with one attached hydrogen (secondary N) is 2. The molecule has 0 aliphatic heterocycles. The van der Waals surface area contributed by atoms with Crippen molar-refractivity contribution in [2.75, 3.05) is 25.1 Å². The van der Waals surface area contributed by atoms with Crippen molar-refractivity contribution < 1.29 is 37.0 Å². The van der Waals surface area contributed by atoms with Gasteiger partial charge in [-0.25, -0.2) is 18.0 Å². The smallest absolute Gasteiger partial charge is 0.338 e. The van der Waals surface area contributed by atoms with Crippen LogP contribution in [0.3, 0.4) is 0 Å². The van der Waals surface area contributed by atoms with Gasteiger partial charge in [-0.3, -0.25) is 9.59 Å². The van der Waals surface area contributed by atoms with Crippen molar-refractivity contribution in [3.05, 3.63) is 59.4 Å². The Bertz CT molecular complexity index is 949. The number of rotatable bonds is 9. The van der Waals surface area contributed by atoms with E-state index in [0.29, 0.717) is 24.3 Å². The Balaban J connectivity index is 1.75. The third-order valence-corrected chi connectivity index (χ3v) is 3.76. The molecule has 166 valence electrons. The molecule has 0 fully saturated rings. The van der Waals surface area contributed by atoms with E-state index in [-0.39, 0.29) is 5.56 Å². The molecule has 10 heteroatoms. The lowest BCUT2D eigenvalue weighted by Crippen LogP contribution is -2.35. The van der Waals surface area contributed by atoms with E-state index in [1.165, 1.54) is 12.1 Å². The number of halogens is 3. The molecular weight excluding hydrogens is 417 g/mol. The summed E-state index contributed by atoms with van der Waals surface area (Å²) in [5, 5.41) is 4.14. The van der Waals surface area contributed by atoms with Crippen molar-refractivity contribution in [3.63, 3.8) is 0 Å². The summed E-state index contributed by atoms with van der Waals surface area (Å²) in [5.41, 5.74) is -0.373. The molecule has 0 bridgehead atoms. The molecule has 0 saturated heterocycles. The van der Waals surface area contributed by atoms with Crippen LogP contribution in [0, 0.1) is 23.4 Å². The molecule has 0 aromatic heterocycles. The Morgan fingerprint density at radius 1 is 0.935 bits per heavy atom. The second kappa shape index (κ2) is 11.0. The summed E-state index contributed by atoms with van der Waals surface area (Å²) in [6.07, 6.45) is 0. The van der Waals surface area contributed by atoms with Crippen molar-refractivity contribution >= 4 is 23.5 Å². The summed E-state index contributed by atoms with van der Waals surface area (Å²) >= 11 is 0. The summed E-state index contributed by atoms with van der Waals surface area (Å²) in [6.45, 7) is 3.27. The summed E-state index contributed by atoms with van der Waals surface area (Å²) < 4.78 is 49.9. The second-order valence-corrected chi connectivity index (χ2v) is 6.85. The number of esters is 1. The number of amides is 2. The molecule has 2 aromatic carbocycles. The fourth-order valence-corrected chi connectivity index (χ4v) is 2.21. The van der Waals surface area contributed by atoms with E-state index in [1.807, 2.05) is 19.2 Å². The van der Waals surface area contributed by atoms with Crippen LogP contribution in [-0.2, 0) is 14.3 Å². The van der Waals surface area contributed by atoms with E-state index in [2.05, 4.69) is 5.32 Å². The van der Waals surface area contributed by atoms with Gasteiger partial charge in [-0.1, -0.05) is 13.8 Å². The first kappa shape index (κ1) is 23.7. The van der Waals surface area contributed by atoms with Crippen LogP contribution in [0.4, 0.5) is 18.9 Å². The van der Waals surface area contributed by atoms with Crippen LogP contribution in [0.25, 0.3) is 0 Å². The number of carbonyl (C=O) groups excluding carboxylic acids is 3. The fraction of sp³-hybridized carbons (Fsp3) is 0.286. The van der Waals surface area contributed by atoms with Gasteiger partial charge in [0.25, 0.3) is 5.91 Å². The normalized spacial score (nSPS) is 10.5. The van der Waals surface area contributed by atoms with E-state index in [0.717, 1.165) is 6.07 Å². The van der Waals surface area contributed by atoms with Crippen molar-refractivity contribution in [1.29, 1.82) is 0 Å². The Hall–Kier alpha value is -3.56. The number of ether oxygens (including phenoxy) is 2. The molecule has 2 aromatic rings. The van der Waals surface area contributed by atoms with Gasteiger partial charge in [-0.2, -0.15) is 0 Å². The highest BCUT2D eigenvalue weighted by molar-refractivity contribution is 5.95. The minimum Gasteiger partial charge on any atom is -0.493 e. The topological polar surface area (TPSA) is 93.7 Å². The zero-order chi connectivity index (χ0) is 23.0. The first-order valence-electron chi connectivity index (χ1n) is 9.27. The van der Waals surface area contributed by atoms with E-state index in [1.54, 1.807) is 12.1 Å². The number of anilines is 1. The lowest BCUT2D eigenvalue weighted by atomic mass is 10.2. The van der Waals surface area contributed by atoms with Gasteiger partial charge in [-0.15, -0.1) is 0 Å². The SMILES string of the molecule is CC(C)COc1ccc(C(=O)OCC(=O)NCC(=O)Nc2ccc(F)c(F)c2F)cc1. The molecule has 0 aliphatic carbocycles. The second-order valence-electron chi connectivity index (χ2n) is 6.85. The largest absolute Gasteiger partial charge is 0.493 e. The first-order valence-corrected chi connectivity index (χ1v) is 9.27. The van der Waals surface area contributed by atoms with Crippen LogP contribution in [0.15, 0.2) is 36.4 Å². The van der Waals surface area contributed by atoms with Gasteiger partial charge in [0.05, 0.1) is 24.4 Å². The summed E-state index contributed by atoms with van der Waals surface area (Å²) in [4.78, 5) is 35.4. The molecular formula is C21H21F3N2O5. The fourth-order valence-electron chi connectivity index (χ4n) is 2.21. The van der Waals surface area contributed by atoms with E-state index < -0.39 is 54.1 Å². The minimum atomic E-state index is -1.73. The van der Waals surface area contributed by atoms with Crippen molar-refractivity contribution in [2.24, 2.45) is 5.92 Å². The molecule has 2 amide bonds. The molecule has 7 nitrogen and oxygen atoms in total. The standard InChI is InChI=1S/C21H21F3N2O5/c1-12(2)10-30-14-5-3-13(4-6-14)21(29)31-11-18(28)25-9-17(27)26-16-8-7-15(22)19(23)20(16)24/h3-8,12H,9-11H2,1-2H3,(H,25,28)(H,26,27). The highest BCUT2D eigenvalue weighted by atomic mass is 19.2. The van der Waals surface area contributed by atoms with Crippen molar-refractivity contribution in [1.82, 2.24) is 5.32 Å². The van der Waals surface area contributed by atoms with Gasteiger partial charge in [0.2, 0.25) is 5.91 Å². The van der Waals surface area contributed by atoms with Crippen molar-refractivity contribution in [2.45, 2.75) is 13.8 Å². The van der Waals surface area contributed by atoms with E-state index in [4.69, 9.17) is 9.47 Å². The third kappa shape index (κ3) is 7.32. The van der Waals surface area contributed by atoms with Gasteiger partial charge < -0.3 is 20.1 Å². The van der Waals surface area contributed by atoms with Crippen LogP contribution in [-0.4, -0.2) is 37.5 Å². The molecule has 31 heavy (non-hydrogen) atoms. The maximum atomic E-state index is 13.5. The van der Waals surface area contributed by atoms with Gasteiger partial charge >= 0.3 is 5.97 Å². The maximum Gasteiger partial charge on any atom is 0.338 e. The predicted octanol–water partition coefficient (Wildman–Crippen LogP) is 3.05. The van der Waals surface area contributed by atoms with Gasteiger partial charge in [0.15, 0.2) is 24.1 Å². The molecule has 0 atom stereocenters. The van der Waals surface area contributed by atoms with Gasteiger partial charge in [0.1, 0.15) is 5.75 Å². The molecule has 0 aliphatic rings. The number of hydrogen-bond acceptors (Lipinski definition) is 5. The third-order valence-electron chi connectivity index (χ3n) is 3.76. The van der Waals surface area contributed by atoms with E-state index in [9.17, 15) is 27.6 Å². The molecule has 0 radical (unpaired) electrons.